The standard InChI is InChI=1S/C19H33N3O5/c1-12(2)21-10-9-13-7-8-15(17(24)26-6)22(13)16(23)14(11-21)20-18(25)27-19(3,4)5/h12-15H,7-11H2,1-6H3,(H,20,25)/t13-,14+,15+/m1/s1. The number of esters is 1. The number of carbonyl (C=O) groups excluding carboxylic acids is 3. The van der Waals surface area contributed by atoms with Gasteiger partial charge < -0.3 is 19.7 Å². The summed E-state index contributed by atoms with van der Waals surface area (Å²) < 4.78 is 10.2. The third-order valence-electron chi connectivity index (χ3n) is 5.12. The van der Waals surface area contributed by atoms with Crippen molar-refractivity contribution in [3.63, 3.8) is 0 Å². The number of nitrogens with zero attached hydrogens (tertiary/aromatic N) is 2. The highest BCUT2D eigenvalue weighted by molar-refractivity contribution is 5.90. The van der Waals surface area contributed by atoms with E-state index in [4.69, 9.17) is 9.47 Å². The number of ether oxygens (including phenoxy) is 2. The van der Waals surface area contributed by atoms with Crippen molar-refractivity contribution in [2.45, 2.75) is 83.6 Å². The maximum absolute atomic E-state index is 13.3. The van der Waals surface area contributed by atoms with Crippen LogP contribution in [0, 0.1) is 0 Å². The maximum Gasteiger partial charge on any atom is 0.408 e. The summed E-state index contributed by atoms with van der Waals surface area (Å²) in [6, 6.07) is -1.13. The van der Waals surface area contributed by atoms with Gasteiger partial charge in [-0.3, -0.25) is 9.69 Å². The molecular weight excluding hydrogens is 350 g/mol. The first kappa shape index (κ1) is 21.5. The summed E-state index contributed by atoms with van der Waals surface area (Å²) in [6.07, 6.45) is 1.52. The Balaban J connectivity index is 2.25. The van der Waals surface area contributed by atoms with E-state index >= 15 is 0 Å². The summed E-state index contributed by atoms with van der Waals surface area (Å²) in [6.45, 7) is 10.6. The van der Waals surface area contributed by atoms with Gasteiger partial charge in [-0.05, 0) is 53.9 Å². The van der Waals surface area contributed by atoms with E-state index in [0.29, 0.717) is 13.0 Å². The van der Waals surface area contributed by atoms with Crippen molar-refractivity contribution in [2.24, 2.45) is 0 Å². The van der Waals surface area contributed by atoms with Crippen molar-refractivity contribution in [3.8, 4) is 0 Å². The Labute approximate surface area is 161 Å². The minimum atomic E-state index is -0.768. The molecule has 0 aromatic carbocycles. The summed E-state index contributed by atoms with van der Waals surface area (Å²) in [5.74, 6) is -0.646. The average molecular weight is 383 g/mol. The average Bonchev–Trinajstić information content (AvgIpc) is 2.96. The number of fused-ring (bicyclic) bond motifs is 1. The Hall–Kier alpha value is -1.83. The smallest absolute Gasteiger partial charge is 0.408 e. The second kappa shape index (κ2) is 8.46. The summed E-state index contributed by atoms with van der Waals surface area (Å²) in [7, 11) is 1.33. The van der Waals surface area contributed by atoms with Crippen molar-refractivity contribution in [3.05, 3.63) is 0 Å². The molecule has 27 heavy (non-hydrogen) atoms. The molecular formula is C19H33N3O5. The first-order valence-corrected chi connectivity index (χ1v) is 9.67. The quantitative estimate of drug-likeness (QED) is 0.744. The summed E-state index contributed by atoms with van der Waals surface area (Å²) >= 11 is 0. The van der Waals surface area contributed by atoms with E-state index in [1.165, 1.54) is 7.11 Å². The number of nitrogens with one attached hydrogen (secondary N) is 1. The molecule has 2 saturated heterocycles. The molecule has 0 aliphatic carbocycles. The van der Waals surface area contributed by atoms with Crippen molar-refractivity contribution in [1.29, 1.82) is 0 Å². The molecule has 2 amide bonds. The monoisotopic (exact) mass is 383 g/mol. The normalized spacial score (nSPS) is 27.0. The lowest BCUT2D eigenvalue weighted by atomic mass is 10.1. The largest absolute Gasteiger partial charge is 0.467 e. The number of hydrogen-bond donors (Lipinski definition) is 1. The number of rotatable bonds is 3. The lowest BCUT2D eigenvalue weighted by Gasteiger charge is -2.39. The van der Waals surface area contributed by atoms with Crippen molar-refractivity contribution < 1.29 is 23.9 Å². The first-order valence-electron chi connectivity index (χ1n) is 9.67. The molecule has 2 fully saturated rings. The van der Waals surface area contributed by atoms with E-state index in [9.17, 15) is 14.4 Å². The number of alkyl carbamates (subject to hydrolysis) is 1. The third-order valence-corrected chi connectivity index (χ3v) is 5.12. The van der Waals surface area contributed by atoms with Gasteiger partial charge in [0.05, 0.1) is 7.11 Å². The van der Waals surface area contributed by atoms with E-state index < -0.39 is 29.7 Å². The maximum atomic E-state index is 13.3. The SMILES string of the molecule is COC(=O)[C@@H]1CC[C@@H]2CCN(C(C)C)C[C@H](NC(=O)OC(C)(C)C)C(=O)N21. The fourth-order valence-corrected chi connectivity index (χ4v) is 3.79. The van der Waals surface area contributed by atoms with Crippen molar-refractivity contribution >= 4 is 18.0 Å². The Kier molecular flexibility index (Phi) is 6.72. The number of amides is 2. The lowest BCUT2D eigenvalue weighted by molar-refractivity contribution is -0.154. The van der Waals surface area contributed by atoms with Crippen LogP contribution in [-0.2, 0) is 19.1 Å². The van der Waals surface area contributed by atoms with E-state index in [-0.39, 0.29) is 18.0 Å². The zero-order chi connectivity index (χ0) is 20.4. The highest BCUT2D eigenvalue weighted by Gasteiger charge is 2.45. The van der Waals surface area contributed by atoms with Gasteiger partial charge in [0, 0.05) is 25.2 Å². The fraction of sp³-hybridized carbons (Fsp3) is 0.842. The van der Waals surface area contributed by atoms with Crippen LogP contribution in [-0.4, -0.2) is 77.7 Å². The third kappa shape index (κ3) is 5.34. The van der Waals surface area contributed by atoms with Gasteiger partial charge in [-0.2, -0.15) is 0 Å². The van der Waals surface area contributed by atoms with Crippen LogP contribution in [0.3, 0.4) is 0 Å². The van der Waals surface area contributed by atoms with Gasteiger partial charge in [0.25, 0.3) is 0 Å². The van der Waals surface area contributed by atoms with Crippen molar-refractivity contribution in [1.82, 2.24) is 15.1 Å². The molecule has 3 atom stereocenters. The van der Waals surface area contributed by atoms with E-state index in [1.54, 1.807) is 25.7 Å². The summed E-state index contributed by atoms with van der Waals surface area (Å²) in [4.78, 5) is 41.6. The molecule has 1 N–H and O–H groups in total. The second-order valence-corrected chi connectivity index (χ2v) is 8.59. The molecule has 0 unspecified atom stereocenters. The molecule has 0 radical (unpaired) electrons. The minimum Gasteiger partial charge on any atom is -0.467 e. The number of methoxy groups -OCH3 is 1. The van der Waals surface area contributed by atoms with E-state index in [1.807, 2.05) is 0 Å². The van der Waals surface area contributed by atoms with Crippen LogP contribution in [0.25, 0.3) is 0 Å². The van der Waals surface area contributed by atoms with E-state index in [2.05, 4.69) is 24.1 Å². The van der Waals surface area contributed by atoms with Crippen LogP contribution in [0.1, 0.15) is 53.9 Å². The summed E-state index contributed by atoms with van der Waals surface area (Å²) in [5, 5.41) is 2.72. The second-order valence-electron chi connectivity index (χ2n) is 8.59. The van der Waals surface area contributed by atoms with Gasteiger partial charge in [-0.1, -0.05) is 0 Å². The van der Waals surface area contributed by atoms with Gasteiger partial charge in [0.1, 0.15) is 17.7 Å². The van der Waals surface area contributed by atoms with Gasteiger partial charge in [0.15, 0.2) is 0 Å². The Morgan fingerprint density at radius 1 is 1.19 bits per heavy atom. The molecule has 0 aromatic rings. The predicted octanol–water partition coefficient (Wildman–Crippen LogP) is 1.53. The molecule has 0 spiro atoms. The lowest BCUT2D eigenvalue weighted by Crippen LogP contribution is -2.60. The minimum absolute atomic E-state index is 0.0221. The molecule has 8 heteroatoms. The van der Waals surface area contributed by atoms with Gasteiger partial charge in [-0.15, -0.1) is 0 Å². The first-order chi connectivity index (χ1) is 12.5. The van der Waals surface area contributed by atoms with Crippen LogP contribution >= 0.6 is 0 Å². The predicted molar refractivity (Wildman–Crippen MR) is 100 cm³/mol. The molecule has 2 aliphatic heterocycles. The van der Waals surface area contributed by atoms with Gasteiger partial charge in [0.2, 0.25) is 5.91 Å². The molecule has 2 heterocycles. The topological polar surface area (TPSA) is 88.2 Å². The highest BCUT2D eigenvalue weighted by Crippen LogP contribution is 2.30. The van der Waals surface area contributed by atoms with Crippen LogP contribution < -0.4 is 5.32 Å². The van der Waals surface area contributed by atoms with Gasteiger partial charge in [-0.25, -0.2) is 9.59 Å². The van der Waals surface area contributed by atoms with E-state index in [0.717, 1.165) is 19.4 Å². The van der Waals surface area contributed by atoms with Crippen LogP contribution in [0.15, 0.2) is 0 Å². The molecule has 0 saturated carbocycles. The zero-order valence-corrected chi connectivity index (χ0v) is 17.3. The van der Waals surface area contributed by atoms with Crippen LogP contribution in [0.5, 0.6) is 0 Å². The van der Waals surface area contributed by atoms with Crippen molar-refractivity contribution in [2.75, 3.05) is 20.2 Å². The Morgan fingerprint density at radius 3 is 2.41 bits per heavy atom. The molecule has 8 nitrogen and oxygen atoms in total. The highest BCUT2D eigenvalue weighted by atomic mass is 16.6. The Morgan fingerprint density at radius 2 is 1.85 bits per heavy atom. The van der Waals surface area contributed by atoms with Gasteiger partial charge >= 0.3 is 12.1 Å². The molecule has 0 aromatic heterocycles. The van der Waals surface area contributed by atoms with Crippen LogP contribution in [0.2, 0.25) is 0 Å². The number of carbonyl (C=O) groups is 3. The molecule has 154 valence electrons. The fourth-order valence-electron chi connectivity index (χ4n) is 3.79. The van der Waals surface area contributed by atoms with Crippen LogP contribution in [0.4, 0.5) is 4.79 Å². The molecule has 2 aliphatic rings. The number of hydrogen-bond acceptors (Lipinski definition) is 6. The molecule has 0 bridgehead atoms. The summed E-state index contributed by atoms with van der Waals surface area (Å²) in [5.41, 5.74) is -0.656. The molecule has 2 rings (SSSR count). The Bertz CT molecular complexity index is 572. The zero-order valence-electron chi connectivity index (χ0n) is 17.3.